The number of carboxylic acid groups (broad SMARTS) is 1. The molecular weight excluding hydrogens is 224 g/mol. The van der Waals surface area contributed by atoms with E-state index in [1.54, 1.807) is 13.2 Å². The molecule has 0 aromatic heterocycles. The van der Waals surface area contributed by atoms with E-state index < -0.39 is 18.5 Å². The summed E-state index contributed by atoms with van der Waals surface area (Å²) in [6.07, 6.45) is 0. The van der Waals surface area contributed by atoms with Crippen molar-refractivity contribution >= 4 is 12.0 Å². The molecule has 0 saturated heterocycles. The first-order chi connectivity index (χ1) is 8.13. The summed E-state index contributed by atoms with van der Waals surface area (Å²) >= 11 is 0. The van der Waals surface area contributed by atoms with Crippen molar-refractivity contribution in [1.29, 1.82) is 0 Å². The van der Waals surface area contributed by atoms with Crippen LogP contribution in [0.25, 0.3) is 0 Å². The maximum atomic E-state index is 11.2. The summed E-state index contributed by atoms with van der Waals surface area (Å²) in [5, 5.41) is 13.1. The molecule has 0 bridgehead atoms. The molecule has 0 heterocycles. The van der Waals surface area contributed by atoms with E-state index in [9.17, 15) is 9.59 Å². The minimum absolute atomic E-state index is 0.273. The Balaban J connectivity index is 2.44. The van der Waals surface area contributed by atoms with Crippen molar-refractivity contribution < 1.29 is 19.4 Å². The highest BCUT2D eigenvalue weighted by atomic mass is 16.5. The number of para-hydroxylation sites is 1. The number of ether oxygens (including phenoxy) is 1. The summed E-state index contributed by atoms with van der Waals surface area (Å²) in [6, 6.07) is 6.72. The molecule has 2 amide bonds. The Morgan fingerprint density at radius 1 is 1.29 bits per heavy atom. The number of urea groups is 1. The van der Waals surface area contributed by atoms with Crippen molar-refractivity contribution in [3.63, 3.8) is 0 Å². The lowest BCUT2D eigenvalue weighted by Crippen LogP contribution is -2.38. The summed E-state index contributed by atoms with van der Waals surface area (Å²) in [6.45, 7) is -0.132. The highest BCUT2D eigenvalue weighted by Crippen LogP contribution is 2.16. The molecule has 6 nitrogen and oxygen atoms in total. The molecule has 0 spiro atoms. The number of rotatable bonds is 5. The Kier molecular flexibility index (Phi) is 4.80. The van der Waals surface area contributed by atoms with Crippen LogP contribution in [-0.2, 0) is 11.3 Å². The maximum absolute atomic E-state index is 11.2. The molecule has 1 rings (SSSR count). The molecular formula is C11H14N2O4. The quantitative estimate of drug-likeness (QED) is 0.700. The number of nitrogens with one attached hydrogen (secondary N) is 2. The van der Waals surface area contributed by atoms with Gasteiger partial charge < -0.3 is 20.5 Å². The molecule has 3 N–H and O–H groups in total. The second-order valence-corrected chi connectivity index (χ2v) is 3.24. The van der Waals surface area contributed by atoms with Gasteiger partial charge in [-0.05, 0) is 6.07 Å². The third kappa shape index (κ3) is 4.42. The van der Waals surface area contributed by atoms with Gasteiger partial charge in [0.05, 0.1) is 7.11 Å². The number of carbonyl (C=O) groups excluding carboxylic acids is 1. The van der Waals surface area contributed by atoms with Gasteiger partial charge in [0, 0.05) is 12.1 Å². The molecule has 0 aliphatic rings. The first-order valence-electron chi connectivity index (χ1n) is 4.99. The van der Waals surface area contributed by atoms with E-state index in [4.69, 9.17) is 9.84 Å². The fourth-order valence-corrected chi connectivity index (χ4v) is 1.24. The lowest BCUT2D eigenvalue weighted by Gasteiger charge is -2.09. The fraction of sp³-hybridized carbons (Fsp3) is 0.273. The van der Waals surface area contributed by atoms with Crippen molar-refractivity contribution in [3.05, 3.63) is 29.8 Å². The number of amides is 2. The number of hydrogen-bond donors (Lipinski definition) is 3. The van der Waals surface area contributed by atoms with Crippen molar-refractivity contribution in [2.45, 2.75) is 6.54 Å². The van der Waals surface area contributed by atoms with Crippen LogP contribution < -0.4 is 15.4 Å². The van der Waals surface area contributed by atoms with Gasteiger partial charge in [-0.25, -0.2) is 4.79 Å². The SMILES string of the molecule is COc1ccccc1CNC(=O)NCC(=O)O. The van der Waals surface area contributed by atoms with Gasteiger partial charge in [0.1, 0.15) is 12.3 Å². The molecule has 0 atom stereocenters. The van der Waals surface area contributed by atoms with E-state index in [1.165, 1.54) is 0 Å². The number of methoxy groups -OCH3 is 1. The van der Waals surface area contributed by atoms with E-state index in [1.807, 2.05) is 18.2 Å². The van der Waals surface area contributed by atoms with Gasteiger partial charge in [0.25, 0.3) is 0 Å². The Hall–Kier alpha value is -2.24. The highest BCUT2D eigenvalue weighted by Gasteiger charge is 2.05. The molecule has 0 radical (unpaired) electrons. The van der Waals surface area contributed by atoms with Crippen molar-refractivity contribution in [2.75, 3.05) is 13.7 Å². The van der Waals surface area contributed by atoms with Gasteiger partial charge >= 0.3 is 12.0 Å². The van der Waals surface area contributed by atoms with E-state index in [2.05, 4.69) is 10.6 Å². The topological polar surface area (TPSA) is 87.7 Å². The van der Waals surface area contributed by atoms with Crippen LogP contribution in [0.15, 0.2) is 24.3 Å². The van der Waals surface area contributed by atoms with Crippen LogP contribution in [0, 0.1) is 0 Å². The van der Waals surface area contributed by atoms with Crippen LogP contribution in [0.1, 0.15) is 5.56 Å². The largest absolute Gasteiger partial charge is 0.496 e. The smallest absolute Gasteiger partial charge is 0.323 e. The van der Waals surface area contributed by atoms with Gasteiger partial charge in [-0.3, -0.25) is 4.79 Å². The van der Waals surface area contributed by atoms with Gasteiger partial charge in [0.2, 0.25) is 0 Å². The zero-order chi connectivity index (χ0) is 12.7. The zero-order valence-electron chi connectivity index (χ0n) is 9.40. The molecule has 17 heavy (non-hydrogen) atoms. The minimum Gasteiger partial charge on any atom is -0.496 e. The predicted octanol–water partition coefficient (Wildman–Crippen LogP) is 0.579. The van der Waals surface area contributed by atoms with Gasteiger partial charge in [0.15, 0.2) is 0 Å². The summed E-state index contributed by atoms with van der Waals surface area (Å²) in [5.41, 5.74) is 0.820. The molecule has 0 aliphatic heterocycles. The van der Waals surface area contributed by atoms with E-state index in [-0.39, 0.29) is 6.54 Å². The number of carboxylic acids is 1. The van der Waals surface area contributed by atoms with E-state index in [0.717, 1.165) is 5.56 Å². The highest BCUT2D eigenvalue weighted by molar-refractivity contribution is 5.79. The molecule has 0 saturated carbocycles. The molecule has 1 aromatic rings. The predicted molar refractivity (Wildman–Crippen MR) is 60.9 cm³/mol. The van der Waals surface area contributed by atoms with Crippen LogP contribution >= 0.6 is 0 Å². The van der Waals surface area contributed by atoms with Crippen LogP contribution in [0.2, 0.25) is 0 Å². The first-order valence-corrected chi connectivity index (χ1v) is 4.99. The zero-order valence-corrected chi connectivity index (χ0v) is 9.40. The van der Waals surface area contributed by atoms with Gasteiger partial charge in [-0.2, -0.15) is 0 Å². The average molecular weight is 238 g/mol. The van der Waals surface area contributed by atoms with Crippen molar-refractivity contribution in [3.8, 4) is 5.75 Å². The molecule has 1 aromatic carbocycles. The fourth-order valence-electron chi connectivity index (χ4n) is 1.24. The summed E-state index contributed by atoms with van der Waals surface area (Å²) in [7, 11) is 1.54. The Bertz CT molecular complexity index is 406. The Morgan fingerprint density at radius 2 is 2.00 bits per heavy atom. The van der Waals surface area contributed by atoms with Gasteiger partial charge in [-0.1, -0.05) is 18.2 Å². The number of aliphatic carboxylic acids is 1. The second kappa shape index (κ2) is 6.37. The maximum Gasteiger partial charge on any atom is 0.323 e. The summed E-state index contributed by atoms with van der Waals surface area (Å²) in [5.74, 6) is -0.413. The molecule has 0 aliphatic carbocycles. The van der Waals surface area contributed by atoms with E-state index in [0.29, 0.717) is 5.75 Å². The monoisotopic (exact) mass is 238 g/mol. The molecule has 92 valence electrons. The van der Waals surface area contributed by atoms with Crippen LogP contribution in [0.5, 0.6) is 5.75 Å². The minimum atomic E-state index is -1.09. The third-order valence-corrected chi connectivity index (χ3v) is 2.03. The molecule has 0 fully saturated rings. The first kappa shape index (κ1) is 12.8. The average Bonchev–Trinajstić information content (AvgIpc) is 2.34. The lowest BCUT2D eigenvalue weighted by atomic mass is 10.2. The van der Waals surface area contributed by atoms with E-state index >= 15 is 0 Å². The number of carbonyl (C=O) groups is 2. The standard InChI is InChI=1S/C11H14N2O4/c1-17-9-5-3-2-4-8(9)6-12-11(16)13-7-10(14)15/h2-5H,6-7H2,1H3,(H,14,15)(H2,12,13,16). The number of benzene rings is 1. The van der Waals surface area contributed by atoms with Crippen molar-refractivity contribution in [1.82, 2.24) is 10.6 Å². The second-order valence-electron chi connectivity index (χ2n) is 3.24. The van der Waals surface area contributed by atoms with Crippen LogP contribution in [0.3, 0.4) is 0 Å². The Labute approximate surface area is 98.6 Å². The third-order valence-electron chi connectivity index (χ3n) is 2.03. The van der Waals surface area contributed by atoms with Crippen molar-refractivity contribution in [2.24, 2.45) is 0 Å². The lowest BCUT2D eigenvalue weighted by molar-refractivity contribution is -0.135. The molecule has 0 unspecified atom stereocenters. The summed E-state index contributed by atoms with van der Waals surface area (Å²) < 4.78 is 5.11. The number of hydrogen-bond acceptors (Lipinski definition) is 3. The van der Waals surface area contributed by atoms with Gasteiger partial charge in [-0.15, -0.1) is 0 Å². The summed E-state index contributed by atoms with van der Waals surface area (Å²) in [4.78, 5) is 21.4. The van der Waals surface area contributed by atoms with Crippen LogP contribution in [0.4, 0.5) is 4.79 Å². The Morgan fingerprint density at radius 3 is 2.65 bits per heavy atom. The van der Waals surface area contributed by atoms with Crippen LogP contribution in [-0.4, -0.2) is 30.8 Å². The normalized spacial score (nSPS) is 9.47. The molecule has 6 heteroatoms.